The van der Waals surface area contributed by atoms with Crippen molar-refractivity contribution in [3.05, 3.63) is 52.3 Å². The first-order valence-electron chi connectivity index (χ1n) is 7.64. The van der Waals surface area contributed by atoms with E-state index < -0.39 is 5.97 Å². The third-order valence-electron chi connectivity index (χ3n) is 3.57. The van der Waals surface area contributed by atoms with Gasteiger partial charge >= 0.3 is 5.97 Å². The van der Waals surface area contributed by atoms with Crippen molar-refractivity contribution < 1.29 is 14.3 Å². The number of H-pyrrole nitrogens is 1. The molecule has 1 heterocycles. The zero-order chi connectivity index (χ0) is 18.7. The molecule has 0 spiro atoms. The molecule has 6 nitrogen and oxygen atoms in total. The van der Waals surface area contributed by atoms with Gasteiger partial charge in [-0.1, -0.05) is 12.1 Å². The number of fused-ring (bicyclic) bond motifs is 1. The Kier molecular flexibility index (Phi) is 5.05. The Morgan fingerprint density at radius 1 is 1.35 bits per heavy atom. The maximum atomic E-state index is 11.2. The van der Waals surface area contributed by atoms with Gasteiger partial charge in [0.2, 0.25) is 0 Å². The molecule has 0 radical (unpaired) electrons. The molecule has 0 aliphatic heterocycles. The third-order valence-corrected chi connectivity index (χ3v) is 4.16. The van der Waals surface area contributed by atoms with E-state index in [1.165, 1.54) is 14.0 Å². The average molecular weight is 412 g/mol. The van der Waals surface area contributed by atoms with Crippen molar-refractivity contribution in [1.82, 2.24) is 9.97 Å². The van der Waals surface area contributed by atoms with Crippen molar-refractivity contribution in [3.63, 3.8) is 0 Å². The van der Waals surface area contributed by atoms with Gasteiger partial charge in [0.1, 0.15) is 11.9 Å². The zero-order valence-corrected chi connectivity index (χ0v) is 15.6. The number of imidazole rings is 1. The number of benzene rings is 2. The van der Waals surface area contributed by atoms with E-state index in [4.69, 9.17) is 9.47 Å². The Bertz CT molecular complexity index is 1030. The number of allylic oxidation sites excluding steroid dienone is 1. The molecule has 1 aromatic heterocycles. The lowest BCUT2D eigenvalue weighted by Crippen LogP contribution is -2.04. The standard InChI is InChI=1S/C19H14BrN3O3/c1-11(24)26-18-14(20)8-12(9-17(18)25-2)7-13(10-21)19-22-15-5-3-4-6-16(15)23-19/h3-9H,1-2H3,(H,22,23)/b13-7+. The van der Waals surface area contributed by atoms with Crippen molar-refractivity contribution in [2.45, 2.75) is 6.92 Å². The van der Waals surface area contributed by atoms with Gasteiger partial charge < -0.3 is 14.5 Å². The molecule has 2 aromatic carbocycles. The van der Waals surface area contributed by atoms with Crippen molar-refractivity contribution in [2.75, 3.05) is 7.11 Å². The number of halogens is 1. The number of hydrogen-bond donors (Lipinski definition) is 1. The van der Waals surface area contributed by atoms with Crippen LogP contribution in [-0.4, -0.2) is 23.0 Å². The highest BCUT2D eigenvalue weighted by molar-refractivity contribution is 9.10. The summed E-state index contributed by atoms with van der Waals surface area (Å²) in [4.78, 5) is 18.8. The Hall–Kier alpha value is -3.11. The summed E-state index contributed by atoms with van der Waals surface area (Å²) in [6, 6.07) is 13.1. The Morgan fingerprint density at radius 3 is 2.77 bits per heavy atom. The lowest BCUT2D eigenvalue weighted by Gasteiger charge is -2.11. The number of carbonyl (C=O) groups excluding carboxylic acids is 1. The molecule has 1 N–H and O–H groups in total. The maximum Gasteiger partial charge on any atom is 0.308 e. The van der Waals surface area contributed by atoms with Crippen LogP contribution in [0.1, 0.15) is 18.3 Å². The van der Waals surface area contributed by atoms with Crippen LogP contribution >= 0.6 is 15.9 Å². The molecule has 0 aliphatic rings. The van der Waals surface area contributed by atoms with E-state index in [1.54, 1.807) is 18.2 Å². The largest absolute Gasteiger partial charge is 0.493 e. The van der Waals surface area contributed by atoms with Gasteiger partial charge in [-0.25, -0.2) is 4.98 Å². The highest BCUT2D eigenvalue weighted by Gasteiger charge is 2.14. The van der Waals surface area contributed by atoms with E-state index in [0.29, 0.717) is 32.9 Å². The van der Waals surface area contributed by atoms with Crippen LogP contribution in [0.4, 0.5) is 0 Å². The summed E-state index contributed by atoms with van der Waals surface area (Å²) in [5.41, 5.74) is 2.71. The average Bonchev–Trinajstić information content (AvgIpc) is 3.05. The Balaban J connectivity index is 2.05. The van der Waals surface area contributed by atoms with Gasteiger partial charge in [-0.15, -0.1) is 0 Å². The number of nitrogens with one attached hydrogen (secondary N) is 1. The molecular weight excluding hydrogens is 398 g/mol. The van der Waals surface area contributed by atoms with Gasteiger partial charge in [-0.3, -0.25) is 4.79 Å². The normalized spacial score (nSPS) is 11.2. The van der Waals surface area contributed by atoms with Crippen molar-refractivity contribution in [2.24, 2.45) is 0 Å². The summed E-state index contributed by atoms with van der Waals surface area (Å²) in [5, 5.41) is 9.54. The summed E-state index contributed by atoms with van der Waals surface area (Å²) >= 11 is 3.37. The lowest BCUT2D eigenvalue weighted by molar-refractivity contribution is -0.132. The summed E-state index contributed by atoms with van der Waals surface area (Å²) < 4.78 is 11.0. The van der Waals surface area contributed by atoms with E-state index in [1.807, 2.05) is 24.3 Å². The van der Waals surface area contributed by atoms with Gasteiger partial charge in [-0.05, 0) is 51.8 Å². The van der Waals surface area contributed by atoms with E-state index in [2.05, 4.69) is 32.0 Å². The highest BCUT2D eigenvalue weighted by atomic mass is 79.9. The number of ether oxygens (including phenoxy) is 2. The van der Waals surface area contributed by atoms with Gasteiger partial charge in [0.05, 0.1) is 28.2 Å². The predicted molar refractivity (Wildman–Crippen MR) is 102 cm³/mol. The van der Waals surface area contributed by atoms with Crippen LogP contribution in [0, 0.1) is 11.3 Å². The number of nitriles is 1. The number of hydrogen-bond acceptors (Lipinski definition) is 5. The first kappa shape index (κ1) is 17.7. The molecule has 0 saturated carbocycles. The second-order valence-corrected chi connectivity index (χ2v) is 6.25. The summed E-state index contributed by atoms with van der Waals surface area (Å²) in [6.07, 6.45) is 1.68. The van der Waals surface area contributed by atoms with Crippen LogP contribution in [0.3, 0.4) is 0 Å². The molecule has 0 atom stereocenters. The van der Waals surface area contributed by atoms with Gasteiger partial charge in [-0.2, -0.15) is 5.26 Å². The topological polar surface area (TPSA) is 88.0 Å². The summed E-state index contributed by atoms with van der Waals surface area (Å²) in [6.45, 7) is 1.31. The Labute approximate surface area is 158 Å². The van der Waals surface area contributed by atoms with Crippen molar-refractivity contribution in [3.8, 4) is 17.6 Å². The minimum absolute atomic E-state index is 0.291. The SMILES string of the molecule is COc1cc(/C=C(\C#N)c2nc3ccccc3[nH]2)cc(Br)c1OC(C)=O. The van der Waals surface area contributed by atoms with E-state index in [9.17, 15) is 10.1 Å². The fourth-order valence-electron chi connectivity index (χ4n) is 2.47. The maximum absolute atomic E-state index is 11.2. The first-order valence-corrected chi connectivity index (χ1v) is 8.44. The third kappa shape index (κ3) is 3.60. The van der Waals surface area contributed by atoms with Gasteiger partial charge in [0, 0.05) is 6.92 Å². The molecule has 0 fully saturated rings. The number of aromatic amines is 1. The highest BCUT2D eigenvalue weighted by Crippen LogP contribution is 2.37. The molecule has 0 amide bonds. The van der Waals surface area contributed by atoms with Crippen LogP contribution in [0.5, 0.6) is 11.5 Å². The van der Waals surface area contributed by atoms with E-state index in [0.717, 1.165) is 11.0 Å². The fourth-order valence-corrected chi connectivity index (χ4v) is 3.01. The molecule has 0 bridgehead atoms. The molecule has 3 aromatic rings. The van der Waals surface area contributed by atoms with Gasteiger partial charge in [0.15, 0.2) is 11.5 Å². The number of methoxy groups -OCH3 is 1. The van der Waals surface area contributed by atoms with Crippen molar-refractivity contribution >= 4 is 44.6 Å². The number of esters is 1. The molecule has 7 heteroatoms. The molecule has 130 valence electrons. The zero-order valence-electron chi connectivity index (χ0n) is 14.0. The van der Waals surface area contributed by atoms with E-state index >= 15 is 0 Å². The number of para-hydroxylation sites is 2. The monoisotopic (exact) mass is 411 g/mol. The predicted octanol–water partition coefficient (Wildman–Crippen LogP) is 4.32. The number of aromatic nitrogens is 2. The summed E-state index contributed by atoms with van der Waals surface area (Å²) in [5.74, 6) is 0.697. The molecule has 0 unspecified atom stereocenters. The van der Waals surface area contributed by atoms with Crippen LogP contribution in [0.15, 0.2) is 40.9 Å². The Morgan fingerprint density at radius 2 is 2.12 bits per heavy atom. The van der Waals surface area contributed by atoms with E-state index in [-0.39, 0.29) is 0 Å². The first-order chi connectivity index (χ1) is 12.5. The van der Waals surface area contributed by atoms with Gasteiger partial charge in [0.25, 0.3) is 0 Å². The fraction of sp³-hybridized carbons (Fsp3) is 0.105. The molecule has 26 heavy (non-hydrogen) atoms. The quantitative estimate of drug-likeness (QED) is 0.392. The van der Waals surface area contributed by atoms with Crippen LogP contribution in [0.2, 0.25) is 0 Å². The van der Waals surface area contributed by atoms with Crippen LogP contribution < -0.4 is 9.47 Å². The number of rotatable bonds is 4. The summed E-state index contributed by atoms with van der Waals surface area (Å²) in [7, 11) is 1.48. The molecule has 0 aliphatic carbocycles. The molecular formula is C19H14BrN3O3. The van der Waals surface area contributed by atoms with Crippen LogP contribution in [0.25, 0.3) is 22.7 Å². The minimum atomic E-state index is -0.452. The van der Waals surface area contributed by atoms with Crippen molar-refractivity contribution in [1.29, 1.82) is 5.26 Å². The molecule has 3 rings (SSSR count). The molecule has 0 saturated heterocycles. The number of carbonyl (C=O) groups is 1. The number of nitrogens with zero attached hydrogens (tertiary/aromatic N) is 2. The lowest BCUT2D eigenvalue weighted by atomic mass is 10.1. The minimum Gasteiger partial charge on any atom is -0.493 e. The smallest absolute Gasteiger partial charge is 0.308 e. The second-order valence-electron chi connectivity index (χ2n) is 5.40. The van der Waals surface area contributed by atoms with Crippen LogP contribution in [-0.2, 0) is 4.79 Å². The second kappa shape index (κ2) is 7.42.